The van der Waals surface area contributed by atoms with Crippen molar-refractivity contribution >= 4 is 23.4 Å². The molecule has 5 nitrogen and oxygen atoms in total. The van der Waals surface area contributed by atoms with E-state index in [2.05, 4.69) is 31.3 Å². The number of fused-ring (bicyclic) bond motifs is 1. The van der Waals surface area contributed by atoms with Crippen LogP contribution >= 0.6 is 11.6 Å². The van der Waals surface area contributed by atoms with Crippen molar-refractivity contribution in [2.24, 2.45) is 11.3 Å². The molecule has 0 aromatic heterocycles. The van der Waals surface area contributed by atoms with Crippen molar-refractivity contribution in [2.45, 2.75) is 71.3 Å². The van der Waals surface area contributed by atoms with Crippen molar-refractivity contribution in [1.29, 1.82) is 0 Å². The highest BCUT2D eigenvalue weighted by Crippen LogP contribution is 2.38. The minimum Gasteiger partial charge on any atom is -0.491 e. The van der Waals surface area contributed by atoms with E-state index in [0.29, 0.717) is 49.9 Å². The minimum atomic E-state index is -0.426. The highest BCUT2D eigenvalue weighted by atomic mass is 35.5. The largest absolute Gasteiger partial charge is 0.491 e. The van der Waals surface area contributed by atoms with Gasteiger partial charge in [-0.15, -0.1) is 0 Å². The average Bonchev–Trinajstić information content (AvgIpc) is 2.86. The fourth-order valence-electron chi connectivity index (χ4n) is 5.56. The molecule has 2 amide bonds. The van der Waals surface area contributed by atoms with Gasteiger partial charge in [-0.25, -0.2) is 0 Å². The Bertz CT molecular complexity index is 1030. The molecule has 36 heavy (non-hydrogen) atoms. The van der Waals surface area contributed by atoms with Crippen molar-refractivity contribution in [3.63, 3.8) is 0 Å². The summed E-state index contributed by atoms with van der Waals surface area (Å²) in [5.41, 5.74) is 1.78. The molecule has 1 saturated heterocycles. The van der Waals surface area contributed by atoms with Crippen LogP contribution in [-0.2, 0) is 22.4 Å². The van der Waals surface area contributed by atoms with E-state index in [1.165, 1.54) is 5.56 Å². The van der Waals surface area contributed by atoms with E-state index in [1.54, 1.807) is 0 Å². The zero-order valence-corrected chi connectivity index (χ0v) is 22.4. The smallest absolute Gasteiger partial charge is 0.226 e. The van der Waals surface area contributed by atoms with Crippen LogP contribution in [0, 0.1) is 11.3 Å². The number of para-hydroxylation sites is 1. The predicted molar refractivity (Wildman–Crippen MR) is 144 cm³/mol. The molecule has 0 bridgehead atoms. The molecule has 2 aromatic rings. The number of carbonyl (C=O) groups is 2. The second-order valence-corrected chi connectivity index (χ2v) is 11.3. The minimum absolute atomic E-state index is 0.0357. The van der Waals surface area contributed by atoms with Gasteiger partial charge in [0.1, 0.15) is 12.4 Å². The van der Waals surface area contributed by atoms with E-state index in [-0.39, 0.29) is 17.9 Å². The molecule has 0 aliphatic carbocycles. The molecule has 2 aliphatic rings. The van der Waals surface area contributed by atoms with Gasteiger partial charge in [-0.2, -0.15) is 0 Å². The van der Waals surface area contributed by atoms with E-state index in [4.69, 9.17) is 16.3 Å². The SMILES string of the molecule is CC(C)C[C@H]1COc2ccccc2CCCCC2(CCN(C(=O)Cc3ccc(Cl)cc3)CC2)C(=O)N1. The van der Waals surface area contributed by atoms with Crippen LogP contribution in [0.5, 0.6) is 5.75 Å². The van der Waals surface area contributed by atoms with Crippen molar-refractivity contribution in [3.8, 4) is 5.75 Å². The van der Waals surface area contributed by atoms with Gasteiger partial charge in [0.05, 0.1) is 17.9 Å². The molecular weight excluding hydrogens is 472 g/mol. The van der Waals surface area contributed by atoms with Crippen LogP contribution in [0.3, 0.4) is 0 Å². The van der Waals surface area contributed by atoms with Gasteiger partial charge in [0.25, 0.3) is 0 Å². The third-order valence-electron chi connectivity index (χ3n) is 7.68. The van der Waals surface area contributed by atoms with Gasteiger partial charge in [0, 0.05) is 18.1 Å². The fourth-order valence-corrected chi connectivity index (χ4v) is 5.69. The second-order valence-electron chi connectivity index (χ2n) is 10.9. The zero-order chi connectivity index (χ0) is 25.5. The van der Waals surface area contributed by atoms with Gasteiger partial charge in [0.15, 0.2) is 0 Å². The molecule has 194 valence electrons. The molecule has 6 heteroatoms. The molecule has 1 fully saturated rings. The number of amides is 2. The van der Waals surface area contributed by atoms with Crippen LogP contribution in [0.2, 0.25) is 5.02 Å². The Morgan fingerprint density at radius 2 is 1.81 bits per heavy atom. The highest BCUT2D eigenvalue weighted by Gasteiger charge is 2.42. The normalized spacial score (nSPS) is 20.6. The van der Waals surface area contributed by atoms with Crippen LogP contribution in [0.25, 0.3) is 0 Å². The zero-order valence-electron chi connectivity index (χ0n) is 21.6. The lowest BCUT2D eigenvalue weighted by Crippen LogP contribution is -2.53. The first-order valence-electron chi connectivity index (χ1n) is 13.4. The lowest BCUT2D eigenvalue weighted by Gasteiger charge is -2.42. The summed E-state index contributed by atoms with van der Waals surface area (Å²) >= 11 is 5.98. The molecule has 1 spiro atoms. The maximum Gasteiger partial charge on any atom is 0.226 e. The van der Waals surface area contributed by atoms with Gasteiger partial charge in [-0.3, -0.25) is 9.59 Å². The summed E-state index contributed by atoms with van der Waals surface area (Å²) in [7, 11) is 0. The Morgan fingerprint density at radius 1 is 1.08 bits per heavy atom. The predicted octanol–water partition coefficient (Wildman–Crippen LogP) is 5.83. The van der Waals surface area contributed by atoms with Crippen molar-refractivity contribution in [2.75, 3.05) is 19.7 Å². The summed E-state index contributed by atoms with van der Waals surface area (Å²) in [6.45, 7) is 6.07. The van der Waals surface area contributed by atoms with E-state index in [0.717, 1.165) is 43.4 Å². The summed E-state index contributed by atoms with van der Waals surface area (Å²) < 4.78 is 6.23. The average molecular weight is 511 g/mol. The molecule has 1 atom stereocenters. The Balaban J connectivity index is 1.45. The third-order valence-corrected chi connectivity index (χ3v) is 7.93. The first-order valence-corrected chi connectivity index (χ1v) is 13.8. The maximum absolute atomic E-state index is 13.8. The molecule has 1 N–H and O–H groups in total. The van der Waals surface area contributed by atoms with Gasteiger partial charge in [-0.05, 0) is 73.8 Å². The van der Waals surface area contributed by atoms with Crippen LogP contribution in [-0.4, -0.2) is 42.5 Å². The number of ether oxygens (including phenoxy) is 1. The Labute approximate surface area is 220 Å². The van der Waals surface area contributed by atoms with E-state index < -0.39 is 5.41 Å². The standard InChI is InChI=1S/C30H39ClN2O3/c1-22(2)19-26-21-36-27-9-4-3-7-24(27)8-5-6-14-30(29(35)32-26)15-17-33(18-16-30)28(34)20-23-10-12-25(31)13-11-23/h3-4,7,9-13,22,26H,5-6,8,14-21H2,1-2H3,(H,32,35)/t26-/m0/s1. The van der Waals surface area contributed by atoms with Gasteiger partial charge in [-0.1, -0.05) is 62.2 Å². The van der Waals surface area contributed by atoms with Crippen molar-refractivity contribution in [3.05, 3.63) is 64.7 Å². The number of aryl methyl sites for hydroxylation is 1. The number of benzene rings is 2. The third kappa shape index (κ3) is 6.82. The Hall–Kier alpha value is -2.53. The number of likely N-dealkylation sites (tertiary alicyclic amines) is 1. The van der Waals surface area contributed by atoms with E-state index in [1.807, 2.05) is 41.3 Å². The molecule has 2 heterocycles. The molecule has 0 unspecified atom stereocenters. The summed E-state index contributed by atoms with van der Waals surface area (Å²) in [5.74, 6) is 1.63. The maximum atomic E-state index is 13.8. The van der Waals surface area contributed by atoms with Gasteiger partial charge < -0.3 is 15.0 Å². The molecule has 0 radical (unpaired) electrons. The van der Waals surface area contributed by atoms with Crippen LogP contribution in [0.4, 0.5) is 0 Å². The monoisotopic (exact) mass is 510 g/mol. The molecule has 2 aromatic carbocycles. The number of halogens is 1. The summed E-state index contributed by atoms with van der Waals surface area (Å²) in [6, 6.07) is 15.7. The van der Waals surface area contributed by atoms with Crippen LogP contribution < -0.4 is 10.1 Å². The van der Waals surface area contributed by atoms with E-state index >= 15 is 0 Å². The highest BCUT2D eigenvalue weighted by molar-refractivity contribution is 6.30. The first kappa shape index (κ1) is 26.5. The molecule has 0 saturated carbocycles. The number of nitrogens with one attached hydrogen (secondary N) is 1. The van der Waals surface area contributed by atoms with Crippen molar-refractivity contribution in [1.82, 2.24) is 10.2 Å². The Kier molecular flexibility index (Phi) is 8.95. The number of hydrogen-bond acceptors (Lipinski definition) is 3. The number of carbonyl (C=O) groups excluding carboxylic acids is 2. The lowest BCUT2D eigenvalue weighted by molar-refractivity contribution is -0.141. The number of hydrogen-bond donors (Lipinski definition) is 1. The molecular formula is C30H39ClN2O3. The van der Waals surface area contributed by atoms with Crippen molar-refractivity contribution < 1.29 is 14.3 Å². The topological polar surface area (TPSA) is 58.6 Å². The number of piperidine rings is 1. The summed E-state index contributed by atoms with van der Waals surface area (Å²) in [5, 5.41) is 4.04. The van der Waals surface area contributed by atoms with Crippen LogP contribution in [0.15, 0.2) is 48.5 Å². The molecule has 4 rings (SSSR count). The van der Waals surface area contributed by atoms with Gasteiger partial charge >= 0.3 is 0 Å². The van der Waals surface area contributed by atoms with E-state index in [9.17, 15) is 9.59 Å². The molecule has 2 aliphatic heterocycles. The fraction of sp³-hybridized carbons (Fsp3) is 0.533. The second kappa shape index (κ2) is 12.1. The van der Waals surface area contributed by atoms with Gasteiger partial charge in [0.2, 0.25) is 11.8 Å². The summed E-state index contributed by atoms with van der Waals surface area (Å²) in [6.07, 6.45) is 6.45. The van der Waals surface area contributed by atoms with Crippen LogP contribution in [0.1, 0.15) is 63.5 Å². The number of nitrogens with zero attached hydrogens (tertiary/aromatic N) is 1. The Morgan fingerprint density at radius 3 is 2.53 bits per heavy atom. The quantitative estimate of drug-likeness (QED) is 0.563. The number of rotatable bonds is 4. The lowest BCUT2D eigenvalue weighted by atomic mass is 9.73. The first-order chi connectivity index (χ1) is 17.3. The summed E-state index contributed by atoms with van der Waals surface area (Å²) in [4.78, 5) is 28.7.